The lowest BCUT2D eigenvalue weighted by Gasteiger charge is -2.09. The molecular weight excluding hydrogens is 314 g/mol. The molecule has 1 aliphatic rings. The molecule has 0 unspecified atom stereocenters. The standard InChI is InChI=1S/C20H23N3O2/c24-19(22-17-10-11-17)14-16-6-8-18(9-7-16)23-20(25)21-13-12-15-4-2-1-3-5-15/h1-9,17H,10-14H2,(H,22,24)(H2,21,23,25). The molecule has 0 heterocycles. The van der Waals surface area contributed by atoms with Crippen molar-refractivity contribution in [2.24, 2.45) is 0 Å². The Balaban J connectivity index is 1.39. The number of carbonyl (C=O) groups excluding carboxylic acids is 2. The number of hydrogen-bond acceptors (Lipinski definition) is 2. The lowest BCUT2D eigenvalue weighted by molar-refractivity contribution is -0.120. The van der Waals surface area contributed by atoms with Gasteiger partial charge in [0.25, 0.3) is 0 Å². The van der Waals surface area contributed by atoms with Crippen LogP contribution in [0.1, 0.15) is 24.0 Å². The molecule has 5 nitrogen and oxygen atoms in total. The highest BCUT2D eigenvalue weighted by atomic mass is 16.2. The molecule has 3 rings (SSSR count). The predicted octanol–water partition coefficient (Wildman–Crippen LogP) is 2.87. The highest BCUT2D eigenvalue weighted by Crippen LogP contribution is 2.19. The van der Waals surface area contributed by atoms with E-state index in [4.69, 9.17) is 0 Å². The Labute approximate surface area is 147 Å². The highest BCUT2D eigenvalue weighted by molar-refractivity contribution is 5.89. The predicted molar refractivity (Wildman–Crippen MR) is 98.5 cm³/mol. The summed E-state index contributed by atoms with van der Waals surface area (Å²) in [6.07, 6.45) is 3.35. The number of urea groups is 1. The van der Waals surface area contributed by atoms with E-state index in [0.717, 1.165) is 24.8 Å². The van der Waals surface area contributed by atoms with E-state index in [9.17, 15) is 9.59 Å². The molecule has 1 saturated carbocycles. The summed E-state index contributed by atoms with van der Waals surface area (Å²) in [4.78, 5) is 23.7. The molecule has 0 radical (unpaired) electrons. The number of benzene rings is 2. The van der Waals surface area contributed by atoms with Crippen LogP contribution in [0.4, 0.5) is 10.5 Å². The van der Waals surface area contributed by atoms with Crippen molar-refractivity contribution >= 4 is 17.6 Å². The van der Waals surface area contributed by atoms with Gasteiger partial charge in [-0.15, -0.1) is 0 Å². The molecule has 0 aromatic heterocycles. The Morgan fingerprint density at radius 2 is 1.64 bits per heavy atom. The summed E-state index contributed by atoms with van der Waals surface area (Å²) in [5, 5.41) is 8.61. The maximum atomic E-state index is 11.9. The number of amides is 3. The van der Waals surface area contributed by atoms with Crippen LogP contribution in [-0.2, 0) is 17.6 Å². The maximum Gasteiger partial charge on any atom is 0.319 e. The van der Waals surface area contributed by atoms with Crippen LogP contribution < -0.4 is 16.0 Å². The van der Waals surface area contributed by atoms with Gasteiger partial charge in [0.1, 0.15) is 0 Å². The van der Waals surface area contributed by atoms with Gasteiger partial charge in [-0.05, 0) is 42.5 Å². The van der Waals surface area contributed by atoms with Crippen LogP contribution in [0.3, 0.4) is 0 Å². The Hall–Kier alpha value is -2.82. The lowest BCUT2D eigenvalue weighted by atomic mass is 10.1. The molecule has 0 bridgehead atoms. The molecule has 0 aliphatic heterocycles. The van der Waals surface area contributed by atoms with Crippen molar-refractivity contribution in [1.29, 1.82) is 0 Å². The van der Waals surface area contributed by atoms with Crippen LogP contribution in [0.25, 0.3) is 0 Å². The van der Waals surface area contributed by atoms with Gasteiger partial charge in [0.05, 0.1) is 6.42 Å². The number of carbonyl (C=O) groups is 2. The average Bonchev–Trinajstić information content (AvgIpc) is 3.41. The molecule has 130 valence electrons. The van der Waals surface area contributed by atoms with Crippen LogP contribution in [0.15, 0.2) is 54.6 Å². The lowest BCUT2D eigenvalue weighted by Crippen LogP contribution is -2.30. The van der Waals surface area contributed by atoms with E-state index in [1.54, 1.807) is 0 Å². The van der Waals surface area contributed by atoms with Gasteiger partial charge in [0.15, 0.2) is 0 Å². The van der Waals surface area contributed by atoms with Gasteiger partial charge in [-0.3, -0.25) is 4.79 Å². The van der Waals surface area contributed by atoms with Crippen LogP contribution >= 0.6 is 0 Å². The second-order valence-electron chi connectivity index (χ2n) is 6.33. The van der Waals surface area contributed by atoms with Crippen molar-refractivity contribution in [3.63, 3.8) is 0 Å². The molecule has 5 heteroatoms. The molecule has 1 fully saturated rings. The fourth-order valence-corrected chi connectivity index (χ4v) is 2.54. The second kappa shape index (κ2) is 8.33. The molecule has 0 spiro atoms. The molecular formula is C20H23N3O2. The first kappa shape index (κ1) is 17.0. The van der Waals surface area contributed by atoms with E-state index < -0.39 is 0 Å². The highest BCUT2D eigenvalue weighted by Gasteiger charge is 2.22. The summed E-state index contributed by atoms with van der Waals surface area (Å²) in [6, 6.07) is 17.6. The van der Waals surface area contributed by atoms with Crippen LogP contribution in [0.5, 0.6) is 0 Å². The van der Waals surface area contributed by atoms with Gasteiger partial charge in [-0.1, -0.05) is 42.5 Å². The maximum absolute atomic E-state index is 11.9. The number of nitrogens with one attached hydrogen (secondary N) is 3. The van der Waals surface area contributed by atoms with Gasteiger partial charge >= 0.3 is 6.03 Å². The zero-order chi connectivity index (χ0) is 17.5. The quantitative estimate of drug-likeness (QED) is 0.727. The third-order valence-electron chi connectivity index (χ3n) is 4.06. The SMILES string of the molecule is O=C(Cc1ccc(NC(=O)NCCc2ccccc2)cc1)NC1CC1. The normalized spacial score (nSPS) is 13.1. The molecule has 3 amide bonds. The summed E-state index contributed by atoms with van der Waals surface area (Å²) in [7, 11) is 0. The molecule has 0 saturated heterocycles. The largest absolute Gasteiger partial charge is 0.353 e. The molecule has 2 aromatic rings. The van der Waals surface area contributed by atoms with E-state index in [2.05, 4.69) is 16.0 Å². The number of hydrogen-bond donors (Lipinski definition) is 3. The Morgan fingerprint density at radius 1 is 0.920 bits per heavy atom. The zero-order valence-electron chi connectivity index (χ0n) is 14.1. The molecule has 1 aliphatic carbocycles. The van der Waals surface area contributed by atoms with Crippen molar-refractivity contribution in [1.82, 2.24) is 10.6 Å². The van der Waals surface area contributed by atoms with Gasteiger partial charge in [0.2, 0.25) is 5.91 Å². The van der Waals surface area contributed by atoms with E-state index in [1.165, 1.54) is 5.56 Å². The van der Waals surface area contributed by atoms with E-state index in [-0.39, 0.29) is 11.9 Å². The fraction of sp³-hybridized carbons (Fsp3) is 0.300. The van der Waals surface area contributed by atoms with Gasteiger partial charge in [-0.25, -0.2) is 4.79 Å². The second-order valence-corrected chi connectivity index (χ2v) is 6.33. The van der Waals surface area contributed by atoms with Crippen molar-refractivity contribution in [3.05, 3.63) is 65.7 Å². The van der Waals surface area contributed by atoms with E-state index in [0.29, 0.717) is 24.7 Å². The third-order valence-corrected chi connectivity index (χ3v) is 4.06. The van der Waals surface area contributed by atoms with Crippen LogP contribution in [-0.4, -0.2) is 24.5 Å². The van der Waals surface area contributed by atoms with Crippen molar-refractivity contribution in [2.75, 3.05) is 11.9 Å². The molecule has 3 N–H and O–H groups in total. The monoisotopic (exact) mass is 337 g/mol. The summed E-state index contributed by atoms with van der Waals surface area (Å²) in [5.74, 6) is 0.0573. The minimum absolute atomic E-state index is 0.0573. The van der Waals surface area contributed by atoms with E-state index in [1.807, 2.05) is 54.6 Å². The number of rotatable bonds is 7. The average molecular weight is 337 g/mol. The summed E-state index contributed by atoms with van der Waals surface area (Å²) < 4.78 is 0. The first-order chi connectivity index (χ1) is 12.2. The van der Waals surface area contributed by atoms with Crippen LogP contribution in [0, 0.1) is 0 Å². The molecule has 25 heavy (non-hydrogen) atoms. The van der Waals surface area contributed by atoms with Crippen molar-refractivity contribution in [3.8, 4) is 0 Å². The van der Waals surface area contributed by atoms with Gasteiger partial charge < -0.3 is 16.0 Å². The van der Waals surface area contributed by atoms with Gasteiger partial charge in [0, 0.05) is 18.3 Å². The molecule has 2 aromatic carbocycles. The first-order valence-corrected chi connectivity index (χ1v) is 8.66. The minimum Gasteiger partial charge on any atom is -0.353 e. The Kier molecular flexibility index (Phi) is 5.67. The van der Waals surface area contributed by atoms with Crippen molar-refractivity contribution < 1.29 is 9.59 Å². The summed E-state index contributed by atoms with van der Waals surface area (Å²) in [5.41, 5.74) is 2.84. The molecule has 0 atom stereocenters. The third kappa shape index (κ3) is 5.95. The van der Waals surface area contributed by atoms with Crippen LogP contribution in [0.2, 0.25) is 0 Å². The summed E-state index contributed by atoms with van der Waals surface area (Å²) >= 11 is 0. The smallest absolute Gasteiger partial charge is 0.319 e. The topological polar surface area (TPSA) is 70.2 Å². The first-order valence-electron chi connectivity index (χ1n) is 8.66. The van der Waals surface area contributed by atoms with Crippen molar-refractivity contribution in [2.45, 2.75) is 31.7 Å². The summed E-state index contributed by atoms with van der Waals surface area (Å²) in [6.45, 7) is 0.579. The Bertz CT molecular complexity index is 709. The minimum atomic E-state index is -0.227. The van der Waals surface area contributed by atoms with E-state index >= 15 is 0 Å². The number of anilines is 1. The Morgan fingerprint density at radius 3 is 2.32 bits per heavy atom. The fourth-order valence-electron chi connectivity index (χ4n) is 2.54. The van der Waals surface area contributed by atoms with Gasteiger partial charge in [-0.2, -0.15) is 0 Å². The zero-order valence-corrected chi connectivity index (χ0v) is 14.1.